The van der Waals surface area contributed by atoms with E-state index >= 15 is 0 Å². The Morgan fingerprint density at radius 2 is 1.90 bits per heavy atom. The highest BCUT2D eigenvalue weighted by molar-refractivity contribution is 6.33. The van der Waals surface area contributed by atoms with Crippen LogP contribution in [0.25, 0.3) is 17.0 Å². The van der Waals surface area contributed by atoms with Crippen LogP contribution in [-0.4, -0.2) is 23.0 Å². The number of pyridine rings is 1. The Bertz CT molecular complexity index is 1160. The Morgan fingerprint density at radius 1 is 1.16 bits per heavy atom. The van der Waals surface area contributed by atoms with E-state index in [4.69, 9.17) is 16.3 Å². The van der Waals surface area contributed by atoms with Gasteiger partial charge in [-0.05, 0) is 37.3 Å². The van der Waals surface area contributed by atoms with Gasteiger partial charge in [0.1, 0.15) is 0 Å². The van der Waals surface area contributed by atoms with Crippen LogP contribution in [0, 0.1) is 0 Å². The van der Waals surface area contributed by atoms with Gasteiger partial charge in [-0.3, -0.25) is 9.78 Å². The summed E-state index contributed by atoms with van der Waals surface area (Å²) in [6.07, 6.45) is -1.59. The van der Waals surface area contributed by atoms with E-state index in [0.717, 1.165) is 23.6 Å². The molecule has 1 unspecified atom stereocenters. The summed E-state index contributed by atoms with van der Waals surface area (Å²) in [6.45, 7) is 1.29. The molecule has 0 aliphatic heterocycles. The summed E-state index contributed by atoms with van der Waals surface area (Å²) in [5.41, 5.74) is 0.173. The molecule has 9 heteroatoms. The summed E-state index contributed by atoms with van der Waals surface area (Å²) in [6, 6.07) is 11.7. The number of fused-ring (bicyclic) bond motifs is 1. The van der Waals surface area contributed by atoms with Gasteiger partial charge < -0.3 is 10.1 Å². The number of rotatable bonds is 5. The third-order valence-corrected chi connectivity index (χ3v) is 4.61. The van der Waals surface area contributed by atoms with E-state index in [1.54, 1.807) is 18.3 Å². The number of amides is 1. The molecular weight excluding hydrogens is 433 g/mol. The molecule has 31 heavy (non-hydrogen) atoms. The first-order chi connectivity index (χ1) is 14.6. The topological polar surface area (TPSA) is 68.3 Å². The molecule has 0 saturated heterocycles. The van der Waals surface area contributed by atoms with E-state index in [-0.39, 0.29) is 10.7 Å². The van der Waals surface area contributed by atoms with Crippen LogP contribution in [0.5, 0.6) is 0 Å². The van der Waals surface area contributed by atoms with Crippen LogP contribution in [-0.2, 0) is 20.5 Å². The number of halogens is 4. The van der Waals surface area contributed by atoms with Crippen molar-refractivity contribution in [2.75, 3.05) is 5.32 Å². The number of carbonyl (C=O) groups is 2. The number of nitrogens with zero attached hydrogens (tertiary/aromatic N) is 1. The summed E-state index contributed by atoms with van der Waals surface area (Å²) < 4.78 is 43.6. The van der Waals surface area contributed by atoms with Gasteiger partial charge in [-0.2, -0.15) is 13.2 Å². The largest absolute Gasteiger partial charge is 0.449 e. The standard InChI is InChI=1S/C22H16ClF3N2O3/c1-13(21(30)28-18-12-16(22(24,25)26)8-9-17(18)23)31-19(29)10-7-15-5-2-4-14-6-3-11-27-20(14)15/h2-13H,1H3,(H,28,30)/b10-7+. The molecule has 1 atom stereocenters. The van der Waals surface area contributed by atoms with Crippen molar-refractivity contribution in [1.29, 1.82) is 0 Å². The van der Waals surface area contributed by atoms with Gasteiger partial charge in [0, 0.05) is 23.2 Å². The highest BCUT2D eigenvalue weighted by atomic mass is 35.5. The highest BCUT2D eigenvalue weighted by Crippen LogP contribution is 2.33. The maximum Gasteiger partial charge on any atom is 0.416 e. The van der Waals surface area contributed by atoms with Gasteiger partial charge in [0.2, 0.25) is 0 Å². The Balaban J connectivity index is 1.66. The van der Waals surface area contributed by atoms with Gasteiger partial charge in [-0.1, -0.05) is 35.9 Å². The number of alkyl halides is 3. The SMILES string of the molecule is CC(OC(=O)/C=C/c1cccc2cccnc12)C(=O)Nc1cc(C(F)(F)F)ccc1Cl. The van der Waals surface area contributed by atoms with E-state index in [9.17, 15) is 22.8 Å². The maximum absolute atomic E-state index is 12.9. The second-order valence-electron chi connectivity index (χ2n) is 6.52. The Hall–Kier alpha value is -3.39. The van der Waals surface area contributed by atoms with Crippen molar-refractivity contribution < 1.29 is 27.5 Å². The monoisotopic (exact) mass is 448 g/mol. The minimum absolute atomic E-state index is 0.0803. The summed E-state index contributed by atoms with van der Waals surface area (Å²) in [5, 5.41) is 3.06. The van der Waals surface area contributed by atoms with Gasteiger partial charge in [-0.25, -0.2) is 4.79 Å². The number of hydrogen-bond acceptors (Lipinski definition) is 4. The third-order valence-electron chi connectivity index (χ3n) is 4.28. The van der Waals surface area contributed by atoms with Crippen LogP contribution in [0.2, 0.25) is 5.02 Å². The number of nitrogens with one attached hydrogen (secondary N) is 1. The number of benzene rings is 2. The zero-order chi connectivity index (χ0) is 22.6. The lowest BCUT2D eigenvalue weighted by Gasteiger charge is -2.15. The molecule has 1 amide bonds. The van der Waals surface area contributed by atoms with Crippen LogP contribution in [0.3, 0.4) is 0 Å². The molecule has 3 rings (SSSR count). The molecule has 0 spiro atoms. The predicted octanol–water partition coefficient (Wildman–Crippen LogP) is 5.49. The lowest BCUT2D eigenvalue weighted by molar-refractivity contribution is -0.148. The van der Waals surface area contributed by atoms with Crippen molar-refractivity contribution in [3.05, 3.63) is 77.0 Å². The smallest absolute Gasteiger partial charge is 0.416 e. The number of anilines is 1. The van der Waals surface area contributed by atoms with Crippen molar-refractivity contribution in [2.24, 2.45) is 0 Å². The van der Waals surface area contributed by atoms with Crippen LogP contribution < -0.4 is 5.32 Å². The number of esters is 1. The molecule has 1 aromatic heterocycles. The number of carbonyl (C=O) groups excluding carboxylic acids is 2. The summed E-state index contributed by atoms with van der Waals surface area (Å²) in [7, 11) is 0. The Morgan fingerprint density at radius 3 is 2.65 bits per heavy atom. The fourth-order valence-corrected chi connectivity index (χ4v) is 2.88. The van der Waals surface area contributed by atoms with Gasteiger partial charge in [0.25, 0.3) is 5.91 Å². The van der Waals surface area contributed by atoms with Crippen LogP contribution in [0.15, 0.2) is 60.8 Å². The molecule has 0 fully saturated rings. The lowest BCUT2D eigenvalue weighted by atomic mass is 10.1. The molecule has 3 aromatic rings. The Labute approximate surface area is 180 Å². The minimum atomic E-state index is -4.59. The second-order valence-corrected chi connectivity index (χ2v) is 6.92. The van der Waals surface area contributed by atoms with Gasteiger partial charge in [0.05, 0.1) is 21.8 Å². The number of ether oxygens (including phenoxy) is 1. The first-order valence-corrected chi connectivity index (χ1v) is 9.43. The van der Waals surface area contributed by atoms with Gasteiger partial charge in [0.15, 0.2) is 6.10 Å². The van der Waals surface area contributed by atoms with Crippen LogP contribution in [0.4, 0.5) is 18.9 Å². The minimum Gasteiger partial charge on any atom is -0.449 e. The summed E-state index contributed by atoms with van der Waals surface area (Å²) in [5.74, 6) is -1.62. The highest BCUT2D eigenvalue weighted by Gasteiger charge is 2.31. The molecule has 0 aliphatic rings. The van der Waals surface area contributed by atoms with Crippen molar-refractivity contribution in [3.8, 4) is 0 Å². The molecule has 5 nitrogen and oxygen atoms in total. The van der Waals surface area contributed by atoms with E-state index in [2.05, 4.69) is 10.3 Å². The molecule has 1 heterocycles. The number of hydrogen-bond donors (Lipinski definition) is 1. The molecule has 160 valence electrons. The van der Waals surface area contributed by atoms with E-state index in [1.807, 2.05) is 18.2 Å². The van der Waals surface area contributed by atoms with Crippen LogP contribution >= 0.6 is 11.6 Å². The number of aromatic nitrogens is 1. The molecule has 2 aromatic carbocycles. The predicted molar refractivity (Wildman–Crippen MR) is 111 cm³/mol. The van der Waals surface area contributed by atoms with Gasteiger partial charge in [-0.15, -0.1) is 0 Å². The normalized spacial score (nSPS) is 12.7. The molecule has 0 saturated carbocycles. The first kappa shape index (κ1) is 22.3. The van der Waals surface area contributed by atoms with Crippen molar-refractivity contribution in [2.45, 2.75) is 19.2 Å². The molecule has 0 radical (unpaired) electrons. The van der Waals surface area contributed by atoms with Gasteiger partial charge >= 0.3 is 12.1 Å². The van der Waals surface area contributed by atoms with E-state index in [1.165, 1.54) is 13.0 Å². The molecule has 1 N–H and O–H groups in total. The van der Waals surface area contributed by atoms with Crippen LogP contribution in [0.1, 0.15) is 18.1 Å². The zero-order valence-electron chi connectivity index (χ0n) is 16.1. The van der Waals surface area contributed by atoms with Crippen molar-refractivity contribution >= 4 is 46.1 Å². The molecule has 0 aliphatic carbocycles. The molecule has 0 bridgehead atoms. The Kier molecular flexibility index (Phi) is 6.60. The maximum atomic E-state index is 12.9. The van der Waals surface area contributed by atoms with Crippen molar-refractivity contribution in [3.63, 3.8) is 0 Å². The molecular formula is C22H16ClF3N2O3. The second kappa shape index (κ2) is 9.18. The fraction of sp³-hybridized carbons (Fsp3) is 0.136. The summed E-state index contributed by atoms with van der Waals surface area (Å²) in [4.78, 5) is 28.6. The number of para-hydroxylation sites is 1. The fourth-order valence-electron chi connectivity index (χ4n) is 2.72. The van der Waals surface area contributed by atoms with E-state index in [0.29, 0.717) is 17.1 Å². The summed E-state index contributed by atoms with van der Waals surface area (Å²) >= 11 is 5.86. The quantitative estimate of drug-likeness (QED) is 0.414. The average Bonchev–Trinajstić information content (AvgIpc) is 2.72. The lowest BCUT2D eigenvalue weighted by Crippen LogP contribution is -2.29. The third kappa shape index (κ3) is 5.61. The zero-order valence-corrected chi connectivity index (χ0v) is 16.9. The average molecular weight is 449 g/mol. The first-order valence-electron chi connectivity index (χ1n) is 9.05. The van der Waals surface area contributed by atoms with E-state index < -0.39 is 29.7 Å². The van der Waals surface area contributed by atoms with Crippen molar-refractivity contribution in [1.82, 2.24) is 4.98 Å².